The van der Waals surface area contributed by atoms with Crippen LogP contribution in [0.4, 0.5) is 0 Å². The zero-order valence-electron chi connectivity index (χ0n) is 18.1. The number of nitrogens with zero attached hydrogens (tertiary/aromatic N) is 3. The Morgan fingerprint density at radius 2 is 1.88 bits per heavy atom. The van der Waals surface area contributed by atoms with Crippen molar-refractivity contribution in [3.63, 3.8) is 0 Å². The van der Waals surface area contributed by atoms with Gasteiger partial charge in [-0.25, -0.2) is 4.98 Å². The van der Waals surface area contributed by atoms with Gasteiger partial charge in [0.15, 0.2) is 0 Å². The average Bonchev–Trinajstić information content (AvgIpc) is 2.80. The molecule has 34 heavy (non-hydrogen) atoms. The third-order valence-corrected chi connectivity index (χ3v) is 7.49. The normalized spacial score (nSPS) is 11.4. The predicted octanol–water partition coefficient (Wildman–Crippen LogP) is 7.44. The molecule has 1 aromatic heterocycles. The van der Waals surface area contributed by atoms with E-state index < -0.39 is 0 Å². The molecule has 0 amide bonds. The van der Waals surface area contributed by atoms with E-state index in [4.69, 9.17) is 16.3 Å². The SMILES string of the molecule is CCCc1nc2ccc(Br)cc2c(=O)n1N=Cc1cc(I)c(OCc2ccccc2Cl)c(I)c1. The van der Waals surface area contributed by atoms with Crippen LogP contribution in [0, 0.1) is 7.14 Å². The highest BCUT2D eigenvalue weighted by Gasteiger charge is 2.12. The van der Waals surface area contributed by atoms with Crippen molar-refractivity contribution in [2.45, 2.75) is 26.4 Å². The average molecular weight is 763 g/mol. The summed E-state index contributed by atoms with van der Waals surface area (Å²) in [6.07, 6.45) is 3.20. The molecule has 0 bridgehead atoms. The first-order valence-corrected chi connectivity index (χ1v) is 13.8. The van der Waals surface area contributed by atoms with E-state index in [9.17, 15) is 4.79 Å². The topological polar surface area (TPSA) is 56.5 Å². The summed E-state index contributed by atoms with van der Waals surface area (Å²) >= 11 is 14.2. The summed E-state index contributed by atoms with van der Waals surface area (Å²) in [7, 11) is 0. The minimum atomic E-state index is -0.185. The zero-order chi connectivity index (χ0) is 24.2. The van der Waals surface area contributed by atoms with Crippen molar-refractivity contribution >= 4 is 89.8 Å². The Balaban J connectivity index is 1.65. The quantitative estimate of drug-likeness (QED) is 0.146. The molecule has 0 aliphatic rings. The lowest BCUT2D eigenvalue weighted by molar-refractivity contribution is 0.302. The second-order valence-electron chi connectivity index (χ2n) is 7.49. The van der Waals surface area contributed by atoms with Gasteiger partial charge in [-0.05, 0) is 93.6 Å². The number of fused-ring (bicyclic) bond motifs is 1. The molecule has 174 valence electrons. The highest BCUT2D eigenvalue weighted by molar-refractivity contribution is 14.1. The number of hydrogen-bond donors (Lipinski definition) is 0. The smallest absolute Gasteiger partial charge is 0.282 e. The molecular formula is C25H19BrClI2N3O2. The number of benzene rings is 3. The second-order valence-corrected chi connectivity index (χ2v) is 11.1. The van der Waals surface area contributed by atoms with Crippen molar-refractivity contribution in [3.05, 3.63) is 98.5 Å². The fourth-order valence-electron chi connectivity index (χ4n) is 3.38. The number of aromatic nitrogens is 2. The van der Waals surface area contributed by atoms with Gasteiger partial charge in [0.05, 0.1) is 24.3 Å². The fraction of sp³-hybridized carbons (Fsp3) is 0.160. The van der Waals surface area contributed by atoms with Gasteiger partial charge in [0.1, 0.15) is 18.2 Å². The first-order chi connectivity index (χ1) is 16.4. The van der Waals surface area contributed by atoms with E-state index in [1.54, 1.807) is 12.3 Å². The molecule has 9 heteroatoms. The van der Waals surface area contributed by atoms with Crippen molar-refractivity contribution in [1.29, 1.82) is 0 Å². The highest BCUT2D eigenvalue weighted by atomic mass is 127. The lowest BCUT2D eigenvalue weighted by Gasteiger charge is -2.12. The third-order valence-electron chi connectivity index (χ3n) is 5.02. The van der Waals surface area contributed by atoms with E-state index in [1.807, 2.05) is 48.5 Å². The van der Waals surface area contributed by atoms with Crippen molar-refractivity contribution < 1.29 is 4.74 Å². The van der Waals surface area contributed by atoms with Crippen molar-refractivity contribution in [2.75, 3.05) is 0 Å². The molecule has 3 aromatic carbocycles. The Hall–Kier alpha value is -1.50. The van der Waals surface area contributed by atoms with Gasteiger partial charge in [0.25, 0.3) is 5.56 Å². The van der Waals surface area contributed by atoms with E-state index >= 15 is 0 Å². The van der Waals surface area contributed by atoms with Crippen LogP contribution >= 0.6 is 72.7 Å². The summed E-state index contributed by atoms with van der Waals surface area (Å²) in [6.45, 7) is 2.44. The third kappa shape index (κ3) is 5.83. The number of rotatable bonds is 7. The van der Waals surface area contributed by atoms with Gasteiger partial charge in [-0.15, -0.1) is 0 Å². The van der Waals surface area contributed by atoms with Gasteiger partial charge in [-0.2, -0.15) is 9.78 Å². The molecule has 0 aliphatic carbocycles. The van der Waals surface area contributed by atoms with Crippen LogP contribution in [0.5, 0.6) is 5.75 Å². The summed E-state index contributed by atoms with van der Waals surface area (Å²) in [5, 5.41) is 5.74. The Morgan fingerprint density at radius 1 is 1.15 bits per heavy atom. The number of hydrogen-bond acceptors (Lipinski definition) is 4. The minimum Gasteiger partial charge on any atom is -0.487 e. The lowest BCUT2D eigenvalue weighted by atomic mass is 10.2. The van der Waals surface area contributed by atoms with E-state index in [0.717, 1.165) is 34.9 Å². The van der Waals surface area contributed by atoms with Crippen molar-refractivity contribution in [2.24, 2.45) is 5.10 Å². The molecule has 0 aliphatic heterocycles. The minimum absolute atomic E-state index is 0.185. The zero-order valence-corrected chi connectivity index (χ0v) is 24.7. The largest absolute Gasteiger partial charge is 0.487 e. The summed E-state index contributed by atoms with van der Waals surface area (Å²) in [4.78, 5) is 17.9. The predicted molar refractivity (Wildman–Crippen MR) is 158 cm³/mol. The molecular weight excluding hydrogens is 743 g/mol. The van der Waals surface area contributed by atoms with Gasteiger partial charge < -0.3 is 4.74 Å². The van der Waals surface area contributed by atoms with Gasteiger partial charge in [0.2, 0.25) is 0 Å². The van der Waals surface area contributed by atoms with Crippen LogP contribution in [0.3, 0.4) is 0 Å². The van der Waals surface area contributed by atoms with E-state index in [-0.39, 0.29) is 5.56 Å². The van der Waals surface area contributed by atoms with Crippen LogP contribution < -0.4 is 10.3 Å². The molecule has 0 saturated carbocycles. The monoisotopic (exact) mass is 761 g/mol. The Bertz CT molecular complexity index is 1430. The molecule has 4 aromatic rings. The van der Waals surface area contributed by atoms with E-state index in [1.165, 1.54) is 4.68 Å². The standard InChI is InChI=1S/C25H19BrClI2N3O2/c1-2-5-23-31-22-9-8-17(26)12-18(22)25(33)32(23)30-13-15-10-20(28)24(21(29)11-15)34-14-16-6-3-4-7-19(16)27/h3-4,6-13H,2,5,14H2,1H3. The Morgan fingerprint density at radius 3 is 2.59 bits per heavy atom. The van der Waals surface area contributed by atoms with Crippen LogP contribution in [0.2, 0.25) is 5.02 Å². The van der Waals surface area contributed by atoms with Crippen LogP contribution in [-0.2, 0) is 13.0 Å². The maximum atomic E-state index is 13.2. The highest BCUT2D eigenvalue weighted by Crippen LogP contribution is 2.30. The Labute approximate surface area is 238 Å². The van der Waals surface area contributed by atoms with Crippen LogP contribution in [0.1, 0.15) is 30.3 Å². The van der Waals surface area contributed by atoms with Gasteiger partial charge in [0, 0.05) is 21.5 Å². The molecule has 0 atom stereocenters. The van der Waals surface area contributed by atoms with Crippen LogP contribution in [0.15, 0.2) is 69.0 Å². The molecule has 0 N–H and O–H groups in total. The molecule has 4 rings (SSSR count). The summed E-state index contributed by atoms with van der Waals surface area (Å²) in [5.41, 5.74) is 2.28. The molecule has 0 saturated heterocycles. The molecule has 5 nitrogen and oxygen atoms in total. The molecule has 0 unspecified atom stereocenters. The fourth-order valence-corrected chi connectivity index (χ4v) is 6.06. The number of halogens is 4. The second kappa shape index (κ2) is 11.5. The molecule has 0 radical (unpaired) electrons. The van der Waals surface area contributed by atoms with E-state index in [2.05, 4.69) is 78.1 Å². The summed E-state index contributed by atoms with van der Waals surface area (Å²) in [5.74, 6) is 1.43. The first kappa shape index (κ1) is 25.6. The Kier molecular flexibility index (Phi) is 8.65. The molecule has 1 heterocycles. The number of ether oxygens (including phenoxy) is 1. The van der Waals surface area contributed by atoms with Crippen molar-refractivity contribution in [3.8, 4) is 5.75 Å². The van der Waals surface area contributed by atoms with E-state index in [0.29, 0.717) is 34.8 Å². The van der Waals surface area contributed by atoms with Gasteiger partial charge in [-0.1, -0.05) is 52.7 Å². The molecule has 0 spiro atoms. The van der Waals surface area contributed by atoms with Crippen LogP contribution in [-0.4, -0.2) is 15.9 Å². The van der Waals surface area contributed by atoms with Crippen LogP contribution in [0.25, 0.3) is 10.9 Å². The number of aryl methyl sites for hydroxylation is 1. The maximum Gasteiger partial charge on any atom is 0.282 e. The summed E-state index contributed by atoms with van der Waals surface area (Å²) < 4.78 is 10.2. The van der Waals surface area contributed by atoms with Gasteiger partial charge >= 0.3 is 0 Å². The molecule has 0 fully saturated rings. The lowest BCUT2D eigenvalue weighted by Crippen LogP contribution is -2.22. The van der Waals surface area contributed by atoms with Crippen molar-refractivity contribution in [1.82, 2.24) is 9.66 Å². The maximum absolute atomic E-state index is 13.2. The first-order valence-electron chi connectivity index (χ1n) is 10.5. The summed E-state index contributed by atoms with van der Waals surface area (Å²) in [6, 6.07) is 17.1. The van der Waals surface area contributed by atoms with Gasteiger partial charge in [-0.3, -0.25) is 4.79 Å².